The van der Waals surface area contributed by atoms with Crippen LogP contribution in [0.4, 0.5) is 0 Å². The topological polar surface area (TPSA) is 109 Å². The van der Waals surface area contributed by atoms with Crippen LogP contribution in [0, 0.1) is 0 Å². The van der Waals surface area contributed by atoms with Crippen molar-refractivity contribution in [1.82, 2.24) is 0 Å². The summed E-state index contributed by atoms with van der Waals surface area (Å²) in [5, 5.41) is 0. The first-order valence-electron chi connectivity index (χ1n) is 7.10. The van der Waals surface area contributed by atoms with Gasteiger partial charge in [-0.15, -0.1) is 0 Å². The van der Waals surface area contributed by atoms with Crippen molar-refractivity contribution in [2.75, 3.05) is 0 Å². The molecule has 0 unspecified atom stereocenters. The Kier molecular flexibility index (Phi) is 5.58. The molecule has 2 aromatic rings. The van der Waals surface area contributed by atoms with E-state index in [9.17, 15) is 21.4 Å². The van der Waals surface area contributed by atoms with Crippen LogP contribution in [-0.2, 0) is 20.2 Å². The quantitative estimate of drug-likeness (QED) is 0.608. The highest BCUT2D eigenvalue weighted by Crippen LogP contribution is 2.19. The second kappa shape index (κ2) is 7.32. The fourth-order valence-electron chi connectivity index (χ4n) is 2.15. The van der Waals surface area contributed by atoms with Crippen LogP contribution in [0.1, 0.15) is 23.6 Å². The Labute approximate surface area is 146 Å². The SMILES string of the molecule is CC=Cc1cc(C=Cc2cccc(S(=O)(=O)O)c2)cc(S(=O)(=O)O)c1. The molecule has 0 aliphatic rings. The van der Waals surface area contributed by atoms with Gasteiger partial charge in [-0.3, -0.25) is 9.11 Å². The smallest absolute Gasteiger partial charge is 0.282 e. The van der Waals surface area contributed by atoms with E-state index in [-0.39, 0.29) is 9.79 Å². The standard InChI is InChI=1S/C17H16O6S2/c1-2-4-14-9-15(12-17(11-14)25(21,22)23)8-7-13-5-3-6-16(10-13)24(18,19)20/h2-12H,1H3,(H,18,19,20)(H,21,22,23). The van der Waals surface area contributed by atoms with Crippen LogP contribution in [0.3, 0.4) is 0 Å². The minimum Gasteiger partial charge on any atom is -0.282 e. The van der Waals surface area contributed by atoms with Gasteiger partial charge in [-0.1, -0.05) is 36.4 Å². The van der Waals surface area contributed by atoms with E-state index in [4.69, 9.17) is 4.55 Å². The molecule has 8 heteroatoms. The Morgan fingerprint density at radius 2 is 1.24 bits per heavy atom. The summed E-state index contributed by atoms with van der Waals surface area (Å²) in [4.78, 5) is -0.481. The molecule has 0 aromatic heterocycles. The van der Waals surface area contributed by atoms with E-state index < -0.39 is 20.2 Å². The molecule has 0 saturated carbocycles. The number of hydrogen-bond donors (Lipinski definition) is 2. The van der Waals surface area contributed by atoms with Gasteiger partial charge in [-0.05, 0) is 53.9 Å². The van der Waals surface area contributed by atoms with Crippen molar-refractivity contribution in [3.05, 3.63) is 65.2 Å². The van der Waals surface area contributed by atoms with Crippen LogP contribution >= 0.6 is 0 Å². The summed E-state index contributed by atoms with van der Waals surface area (Å²) in [6.07, 6.45) is 6.55. The molecule has 132 valence electrons. The molecule has 0 amide bonds. The molecule has 0 bridgehead atoms. The van der Waals surface area contributed by atoms with Crippen LogP contribution < -0.4 is 0 Å². The van der Waals surface area contributed by atoms with Gasteiger partial charge in [0, 0.05) is 0 Å². The molecule has 6 nitrogen and oxygen atoms in total. The highest BCUT2D eigenvalue weighted by molar-refractivity contribution is 7.86. The molecule has 2 aromatic carbocycles. The summed E-state index contributed by atoms with van der Waals surface area (Å²) >= 11 is 0. The second-order valence-electron chi connectivity index (χ2n) is 5.19. The normalized spacial score (nSPS) is 12.9. The van der Waals surface area contributed by atoms with Gasteiger partial charge in [0.2, 0.25) is 0 Å². The molecule has 25 heavy (non-hydrogen) atoms. The number of benzene rings is 2. The Bertz CT molecular complexity index is 1050. The third-order valence-electron chi connectivity index (χ3n) is 3.23. The van der Waals surface area contributed by atoms with Gasteiger partial charge in [-0.2, -0.15) is 16.8 Å². The summed E-state index contributed by atoms with van der Waals surface area (Å²) in [5.41, 5.74) is 1.59. The predicted octanol–water partition coefficient (Wildman–Crippen LogP) is 3.38. The van der Waals surface area contributed by atoms with Gasteiger partial charge < -0.3 is 0 Å². The number of hydrogen-bond acceptors (Lipinski definition) is 4. The molecule has 0 radical (unpaired) electrons. The average Bonchev–Trinajstić information content (AvgIpc) is 2.52. The van der Waals surface area contributed by atoms with Crippen molar-refractivity contribution in [3.63, 3.8) is 0 Å². The number of rotatable bonds is 5. The summed E-state index contributed by atoms with van der Waals surface area (Å²) in [5.74, 6) is 0. The lowest BCUT2D eigenvalue weighted by atomic mass is 10.1. The highest BCUT2D eigenvalue weighted by Gasteiger charge is 2.11. The van der Waals surface area contributed by atoms with Gasteiger partial charge >= 0.3 is 0 Å². The fourth-order valence-corrected chi connectivity index (χ4v) is 3.26. The zero-order chi connectivity index (χ0) is 18.7. The van der Waals surface area contributed by atoms with E-state index in [2.05, 4.69) is 0 Å². The van der Waals surface area contributed by atoms with Crippen LogP contribution in [0.5, 0.6) is 0 Å². The summed E-state index contributed by atoms with van der Waals surface area (Å²) in [6.45, 7) is 1.77. The third kappa shape index (κ3) is 5.36. The zero-order valence-corrected chi connectivity index (χ0v) is 14.8. The van der Waals surface area contributed by atoms with Crippen LogP contribution in [0.15, 0.2) is 58.3 Å². The first-order valence-corrected chi connectivity index (χ1v) is 9.98. The minimum atomic E-state index is -4.36. The third-order valence-corrected chi connectivity index (χ3v) is 4.91. The summed E-state index contributed by atoms with van der Waals surface area (Å²) in [7, 11) is -8.66. The van der Waals surface area contributed by atoms with E-state index in [1.807, 2.05) is 0 Å². The predicted molar refractivity (Wildman–Crippen MR) is 96.1 cm³/mol. The van der Waals surface area contributed by atoms with E-state index in [1.54, 1.807) is 43.4 Å². The van der Waals surface area contributed by atoms with Crippen molar-refractivity contribution in [2.24, 2.45) is 0 Å². The second-order valence-corrected chi connectivity index (χ2v) is 8.03. The maximum atomic E-state index is 11.4. The van der Waals surface area contributed by atoms with Crippen molar-refractivity contribution in [2.45, 2.75) is 16.7 Å². The van der Waals surface area contributed by atoms with Crippen LogP contribution in [0.2, 0.25) is 0 Å². The number of allylic oxidation sites excluding steroid dienone is 1. The van der Waals surface area contributed by atoms with Crippen molar-refractivity contribution in [1.29, 1.82) is 0 Å². The van der Waals surface area contributed by atoms with Crippen LogP contribution in [0.25, 0.3) is 18.2 Å². The first kappa shape index (κ1) is 19.1. The van der Waals surface area contributed by atoms with Crippen molar-refractivity contribution in [3.8, 4) is 0 Å². The van der Waals surface area contributed by atoms with Crippen LogP contribution in [-0.4, -0.2) is 25.9 Å². The summed E-state index contributed by atoms with van der Waals surface area (Å²) < 4.78 is 63.4. The van der Waals surface area contributed by atoms with Gasteiger partial charge in [0.15, 0.2) is 0 Å². The lowest BCUT2D eigenvalue weighted by Gasteiger charge is -2.03. The molecular formula is C17H16O6S2. The minimum absolute atomic E-state index is 0.240. The average molecular weight is 380 g/mol. The molecule has 0 heterocycles. The van der Waals surface area contributed by atoms with E-state index in [1.165, 1.54) is 30.3 Å². The Morgan fingerprint density at radius 1 is 0.720 bits per heavy atom. The molecule has 0 saturated heterocycles. The van der Waals surface area contributed by atoms with Gasteiger partial charge in [0.05, 0.1) is 9.79 Å². The monoisotopic (exact) mass is 380 g/mol. The Balaban J connectivity index is 2.46. The lowest BCUT2D eigenvalue weighted by molar-refractivity contribution is 0.481. The zero-order valence-electron chi connectivity index (χ0n) is 13.2. The van der Waals surface area contributed by atoms with Crippen molar-refractivity contribution >= 4 is 38.5 Å². The molecule has 0 atom stereocenters. The van der Waals surface area contributed by atoms with E-state index >= 15 is 0 Å². The first-order chi connectivity index (χ1) is 11.6. The maximum absolute atomic E-state index is 11.4. The Morgan fingerprint density at radius 3 is 1.80 bits per heavy atom. The molecule has 2 rings (SSSR count). The molecule has 2 N–H and O–H groups in total. The van der Waals surface area contributed by atoms with E-state index in [0.717, 1.165) is 0 Å². The molecule has 0 spiro atoms. The molecule has 0 aliphatic carbocycles. The van der Waals surface area contributed by atoms with Gasteiger partial charge in [0.1, 0.15) is 0 Å². The van der Waals surface area contributed by atoms with Gasteiger partial charge in [0.25, 0.3) is 20.2 Å². The van der Waals surface area contributed by atoms with E-state index in [0.29, 0.717) is 16.7 Å². The molecule has 0 aliphatic heterocycles. The largest absolute Gasteiger partial charge is 0.294 e. The lowest BCUT2D eigenvalue weighted by Crippen LogP contribution is -1.99. The molecular weight excluding hydrogens is 364 g/mol. The Hall–Kier alpha value is -2.26. The molecule has 0 fully saturated rings. The fraction of sp³-hybridized carbons (Fsp3) is 0.0588. The summed E-state index contributed by atoms with van der Waals surface area (Å²) in [6, 6.07) is 9.99. The van der Waals surface area contributed by atoms with Crippen molar-refractivity contribution < 1.29 is 25.9 Å². The maximum Gasteiger partial charge on any atom is 0.294 e. The van der Waals surface area contributed by atoms with Gasteiger partial charge in [-0.25, -0.2) is 0 Å². The highest BCUT2D eigenvalue weighted by atomic mass is 32.2.